The van der Waals surface area contributed by atoms with Crippen molar-refractivity contribution in [2.45, 2.75) is 38.6 Å². The van der Waals surface area contributed by atoms with E-state index < -0.39 is 0 Å². The molecule has 1 atom stereocenters. The molecular weight excluding hydrogens is 461 g/mol. The first-order chi connectivity index (χ1) is 12.1. The SMILES string of the molecule is CCNC(=NCC(C)c1cccs1)NC1CCN(CC(=O)NC)CC1.I. The van der Waals surface area contributed by atoms with E-state index in [9.17, 15) is 4.79 Å². The maximum absolute atomic E-state index is 11.5. The first kappa shape index (κ1) is 23.2. The van der Waals surface area contributed by atoms with Crippen LogP contribution >= 0.6 is 35.3 Å². The van der Waals surface area contributed by atoms with Crippen molar-refractivity contribution < 1.29 is 4.79 Å². The standard InChI is InChI=1S/C18H31N5OS.HI/c1-4-20-18(21-12-14(2)16-6-5-11-25-16)22-15-7-9-23(10-8-15)13-17(24)19-3;/h5-6,11,14-15H,4,7-10,12-13H2,1-3H3,(H,19,24)(H2,20,21,22);1H. The van der Waals surface area contributed by atoms with Crippen molar-refractivity contribution in [1.29, 1.82) is 0 Å². The third kappa shape index (κ3) is 7.79. The van der Waals surface area contributed by atoms with Gasteiger partial charge in [-0.05, 0) is 31.2 Å². The van der Waals surface area contributed by atoms with Gasteiger partial charge in [-0.2, -0.15) is 0 Å². The van der Waals surface area contributed by atoms with Gasteiger partial charge >= 0.3 is 0 Å². The second-order valence-corrected chi connectivity index (χ2v) is 7.48. The van der Waals surface area contributed by atoms with Gasteiger partial charge in [-0.25, -0.2) is 0 Å². The molecule has 26 heavy (non-hydrogen) atoms. The van der Waals surface area contributed by atoms with Gasteiger partial charge in [0.25, 0.3) is 0 Å². The van der Waals surface area contributed by atoms with E-state index in [1.54, 1.807) is 18.4 Å². The third-order valence-electron chi connectivity index (χ3n) is 4.47. The van der Waals surface area contributed by atoms with Crippen molar-refractivity contribution in [3.63, 3.8) is 0 Å². The molecule has 0 bridgehead atoms. The fourth-order valence-electron chi connectivity index (χ4n) is 2.92. The zero-order chi connectivity index (χ0) is 18.1. The van der Waals surface area contributed by atoms with Crippen LogP contribution in [0.2, 0.25) is 0 Å². The zero-order valence-electron chi connectivity index (χ0n) is 16.0. The second-order valence-electron chi connectivity index (χ2n) is 6.50. The molecule has 1 aromatic heterocycles. The number of amides is 1. The molecular formula is C18H32IN5OS. The van der Waals surface area contributed by atoms with Crippen LogP contribution in [0.5, 0.6) is 0 Å². The van der Waals surface area contributed by atoms with Gasteiger partial charge in [-0.1, -0.05) is 13.0 Å². The number of likely N-dealkylation sites (tertiary alicyclic amines) is 1. The Morgan fingerprint density at radius 3 is 2.73 bits per heavy atom. The Kier molecular flexibility index (Phi) is 11.1. The lowest BCUT2D eigenvalue weighted by atomic mass is 10.1. The summed E-state index contributed by atoms with van der Waals surface area (Å²) in [4.78, 5) is 19.8. The molecule has 1 amide bonds. The molecule has 2 heterocycles. The summed E-state index contributed by atoms with van der Waals surface area (Å²) in [6.07, 6.45) is 2.06. The van der Waals surface area contributed by atoms with Crippen molar-refractivity contribution >= 4 is 47.2 Å². The van der Waals surface area contributed by atoms with Gasteiger partial charge in [0, 0.05) is 43.5 Å². The van der Waals surface area contributed by atoms with Gasteiger partial charge in [0.1, 0.15) is 0 Å². The number of nitrogens with one attached hydrogen (secondary N) is 3. The highest BCUT2D eigenvalue weighted by Gasteiger charge is 2.21. The number of carbonyl (C=O) groups excluding carboxylic acids is 1. The minimum absolute atomic E-state index is 0. The normalized spacial score (nSPS) is 17.3. The predicted octanol–water partition coefficient (Wildman–Crippen LogP) is 2.24. The van der Waals surface area contributed by atoms with Crippen LogP contribution < -0.4 is 16.0 Å². The number of piperidine rings is 1. The molecule has 6 nitrogen and oxygen atoms in total. The average molecular weight is 493 g/mol. The molecule has 0 aliphatic carbocycles. The minimum atomic E-state index is 0. The Bertz CT molecular complexity index is 544. The maximum atomic E-state index is 11.5. The van der Waals surface area contributed by atoms with Crippen molar-refractivity contribution in [3.8, 4) is 0 Å². The van der Waals surface area contributed by atoms with E-state index in [1.807, 2.05) is 0 Å². The number of guanidine groups is 1. The highest BCUT2D eigenvalue weighted by Crippen LogP contribution is 2.20. The summed E-state index contributed by atoms with van der Waals surface area (Å²) in [6, 6.07) is 4.68. The van der Waals surface area contributed by atoms with E-state index in [0.29, 0.717) is 18.5 Å². The molecule has 1 saturated heterocycles. The van der Waals surface area contributed by atoms with Gasteiger partial charge in [0.05, 0.1) is 13.1 Å². The number of nitrogens with zero attached hydrogens (tertiary/aromatic N) is 2. The lowest BCUT2D eigenvalue weighted by Crippen LogP contribution is -2.50. The second kappa shape index (κ2) is 12.5. The Morgan fingerprint density at radius 2 is 2.15 bits per heavy atom. The van der Waals surface area contributed by atoms with Crippen LogP contribution in [0.4, 0.5) is 0 Å². The number of rotatable bonds is 7. The van der Waals surface area contributed by atoms with Gasteiger partial charge < -0.3 is 16.0 Å². The summed E-state index contributed by atoms with van der Waals surface area (Å²) < 4.78 is 0. The van der Waals surface area contributed by atoms with E-state index in [-0.39, 0.29) is 29.9 Å². The Morgan fingerprint density at radius 1 is 1.42 bits per heavy atom. The molecule has 1 aliphatic heterocycles. The van der Waals surface area contributed by atoms with E-state index in [2.05, 4.69) is 52.2 Å². The van der Waals surface area contributed by atoms with Gasteiger partial charge in [-0.3, -0.25) is 14.7 Å². The summed E-state index contributed by atoms with van der Waals surface area (Å²) in [5.41, 5.74) is 0. The van der Waals surface area contributed by atoms with Crippen LogP contribution in [-0.4, -0.2) is 62.6 Å². The smallest absolute Gasteiger partial charge is 0.233 e. The lowest BCUT2D eigenvalue weighted by molar-refractivity contribution is -0.122. The largest absolute Gasteiger partial charge is 0.358 e. The Balaban J connectivity index is 0.00000338. The first-order valence-corrected chi connectivity index (χ1v) is 10.0. The van der Waals surface area contributed by atoms with E-state index >= 15 is 0 Å². The molecule has 3 N–H and O–H groups in total. The highest BCUT2D eigenvalue weighted by atomic mass is 127. The summed E-state index contributed by atoms with van der Waals surface area (Å²) in [5.74, 6) is 1.42. The number of carbonyl (C=O) groups is 1. The van der Waals surface area contributed by atoms with Crippen molar-refractivity contribution in [3.05, 3.63) is 22.4 Å². The van der Waals surface area contributed by atoms with Crippen LogP contribution in [0.15, 0.2) is 22.5 Å². The summed E-state index contributed by atoms with van der Waals surface area (Å²) in [6.45, 7) is 8.32. The number of hydrogen-bond donors (Lipinski definition) is 3. The van der Waals surface area contributed by atoms with Crippen LogP contribution in [0.25, 0.3) is 0 Å². The van der Waals surface area contributed by atoms with Crippen LogP contribution in [0.3, 0.4) is 0 Å². The first-order valence-electron chi connectivity index (χ1n) is 9.13. The van der Waals surface area contributed by atoms with Gasteiger partial charge in [0.2, 0.25) is 5.91 Å². The van der Waals surface area contributed by atoms with Crippen LogP contribution in [0, 0.1) is 0 Å². The van der Waals surface area contributed by atoms with Crippen molar-refractivity contribution in [2.24, 2.45) is 4.99 Å². The number of halogens is 1. The predicted molar refractivity (Wildman–Crippen MR) is 121 cm³/mol. The van der Waals surface area contributed by atoms with Crippen molar-refractivity contribution in [2.75, 3.05) is 39.8 Å². The van der Waals surface area contributed by atoms with E-state index in [0.717, 1.165) is 45.0 Å². The zero-order valence-corrected chi connectivity index (χ0v) is 19.1. The van der Waals surface area contributed by atoms with Crippen LogP contribution in [-0.2, 0) is 4.79 Å². The van der Waals surface area contributed by atoms with E-state index in [4.69, 9.17) is 4.99 Å². The van der Waals surface area contributed by atoms with Crippen LogP contribution in [0.1, 0.15) is 37.5 Å². The highest BCUT2D eigenvalue weighted by molar-refractivity contribution is 14.0. The monoisotopic (exact) mass is 493 g/mol. The fraction of sp³-hybridized carbons (Fsp3) is 0.667. The quantitative estimate of drug-likeness (QED) is 0.310. The molecule has 0 spiro atoms. The number of aliphatic imine (C=N–C) groups is 1. The molecule has 8 heteroatoms. The number of likely N-dealkylation sites (N-methyl/N-ethyl adjacent to an activating group) is 1. The molecule has 1 aromatic rings. The van der Waals surface area contributed by atoms with Gasteiger partial charge in [-0.15, -0.1) is 35.3 Å². The van der Waals surface area contributed by atoms with Crippen molar-refractivity contribution in [1.82, 2.24) is 20.9 Å². The molecule has 0 radical (unpaired) electrons. The van der Waals surface area contributed by atoms with E-state index in [1.165, 1.54) is 4.88 Å². The average Bonchev–Trinajstić information content (AvgIpc) is 3.16. The summed E-state index contributed by atoms with van der Waals surface area (Å²) >= 11 is 1.79. The Labute approximate surface area is 178 Å². The molecule has 1 unspecified atom stereocenters. The minimum Gasteiger partial charge on any atom is -0.358 e. The topological polar surface area (TPSA) is 68.8 Å². The molecule has 0 aromatic carbocycles. The number of thiophene rings is 1. The molecule has 0 saturated carbocycles. The molecule has 1 fully saturated rings. The molecule has 148 valence electrons. The lowest BCUT2D eigenvalue weighted by Gasteiger charge is -2.32. The summed E-state index contributed by atoms with van der Waals surface area (Å²) in [5, 5.41) is 11.7. The van der Waals surface area contributed by atoms with Gasteiger partial charge in [0.15, 0.2) is 5.96 Å². The Hall–Kier alpha value is -0.870. The number of hydrogen-bond acceptors (Lipinski definition) is 4. The third-order valence-corrected chi connectivity index (χ3v) is 5.57. The molecule has 1 aliphatic rings. The maximum Gasteiger partial charge on any atom is 0.233 e. The summed E-state index contributed by atoms with van der Waals surface area (Å²) in [7, 11) is 1.69. The molecule has 2 rings (SSSR count). The fourth-order valence-corrected chi connectivity index (χ4v) is 3.70.